The van der Waals surface area contributed by atoms with Gasteiger partial charge in [0.05, 0.1) is 0 Å². The molecule has 7 nitrogen and oxygen atoms in total. The Kier molecular flexibility index (Phi) is 6.13. The van der Waals surface area contributed by atoms with Gasteiger partial charge < -0.3 is 21.1 Å². The lowest BCUT2D eigenvalue weighted by Gasteiger charge is -2.13. The number of benzene rings is 1. The van der Waals surface area contributed by atoms with E-state index in [1.54, 1.807) is 25.3 Å². The van der Waals surface area contributed by atoms with Crippen LogP contribution in [-0.4, -0.2) is 23.0 Å². The Morgan fingerprint density at radius 1 is 1.21 bits per heavy atom. The first-order valence-corrected chi connectivity index (χ1v) is 7.50. The van der Waals surface area contributed by atoms with E-state index < -0.39 is 12.1 Å². The molecule has 0 radical (unpaired) electrons. The molecule has 4 N–H and O–H groups in total. The number of carbonyl (C=O) groups excluding carboxylic acids is 2. The van der Waals surface area contributed by atoms with Gasteiger partial charge in [0.15, 0.2) is 0 Å². The Labute approximate surface area is 140 Å². The molecule has 0 fully saturated rings. The maximum Gasteiger partial charge on any atom is 0.312 e. The Balaban J connectivity index is 1.86. The molecule has 1 aromatic heterocycles. The summed E-state index contributed by atoms with van der Waals surface area (Å²) >= 11 is 0. The Morgan fingerprint density at radius 2 is 1.96 bits per heavy atom. The fourth-order valence-electron chi connectivity index (χ4n) is 1.99. The summed E-state index contributed by atoms with van der Waals surface area (Å²) in [6.07, 6.45) is 1.62. The van der Waals surface area contributed by atoms with Gasteiger partial charge >= 0.3 is 6.03 Å². The Bertz CT molecular complexity index is 691. The van der Waals surface area contributed by atoms with Crippen molar-refractivity contribution >= 4 is 11.9 Å². The molecule has 2 rings (SSSR count). The van der Waals surface area contributed by atoms with Crippen LogP contribution in [0.1, 0.15) is 18.1 Å². The highest BCUT2D eigenvalue weighted by molar-refractivity contribution is 5.86. The standard InChI is InChI=1S/C17H20N4O3/c1-12(21-17(18)23)16(22)20-10-14-7-8-19-15(9-14)24-11-13-5-3-2-4-6-13/h2-9,12H,10-11H2,1H3,(H,20,22)(H3,18,21,23)/t12-/m0/s1. The molecular formula is C17H20N4O3. The number of pyridine rings is 1. The van der Waals surface area contributed by atoms with Crippen LogP contribution in [0.15, 0.2) is 48.7 Å². The lowest BCUT2D eigenvalue weighted by molar-refractivity contribution is -0.122. The maximum atomic E-state index is 11.8. The molecule has 0 saturated heterocycles. The number of hydrogen-bond acceptors (Lipinski definition) is 4. The summed E-state index contributed by atoms with van der Waals surface area (Å²) in [5, 5.41) is 5.03. The summed E-state index contributed by atoms with van der Waals surface area (Å²) in [5.41, 5.74) is 6.87. The molecule has 7 heteroatoms. The van der Waals surface area contributed by atoms with Crippen LogP contribution in [-0.2, 0) is 17.9 Å². The van der Waals surface area contributed by atoms with Gasteiger partial charge in [0.25, 0.3) is 0 Å². The fraction of sp³-hybridized carbons (Fsp3) is 0.235. The number of rotatable bonds is 7. The maximum absolute atomic E-state index is 11.8. The van der Waals surface area contributed by atoms with Gasteiger partial charge in [-0.25, -0.2) is 9.78 Å². The zero-order valence-corrected chi connectivity index (χ0v) is 13.4. The second-order valence-electron chi connectivity index (χ2n) is 5.22. The fourth-order valence-corrected chi connectivity index (χ4v) is 1.99. The van der Waals surface area contributed by atoms with Crippen molar-refractivity contribution in [1.82, 2.24) is 15.6 Å². The SMILES string of the molecule is C[C@H](NC(N)=O)C(=O)NCc1ccnc(OCc2ccccc2)c1. The van der Waals surface area contributed by atoms with Crippen LogP contribution in [0, 0.1) is 0 Å². The van der Waals surface area contributed by atoms with E-state index in [0.717, 1.165) is 11.1 Å². The van der Waals surface area contributed by atoms with E-state index >= 15 is 0 Å². The second kappa shape index (κ2) is 8.52. The molecule has 0 aliphatic rings. The van der Waals surface area contributed by atoms with Crippen LogP contribution in [0.3, 0.4) is 0 Å². The van der Waals surface area contributed by atoms with Crippen LogP contribution >= 0.6 is 0 Å². The van der Waals surface area contributed by atoms with Crippen LogP contribution in [0.5, 0.6) is 5.88 Å². The largest absolute Gasteiger partial charge is 0.473 e. The van der Waals surface area contributed by atoms with E-state index in [4.69, 9.17) is 10.5 Å². The number of carbonyl (C=O) groups is 2. The average molecular weight is 328 g/mol. The molecule has 1 aromatic carbocycles. The number of aromatic nitrogens is 1. The Morgan fingerprint density at radius 3 is 2.67 bits per heavy atom. The number of primary amides is 1. The number of nitrogens with one attached hydrogen (secondary N) is 2. The second-order valence-corrected chi connectivity index (χ2v) is 5.22. The molecule has 24 heavy (non-hydrogen) atoms. The summed E-state index contributed by atoms with van der Waals surface area (Å²) in [4.78, 5) is 26.7. The van der Waals surface area contributed by atoms with Gasteiger partial charge in [0.2, 0.25) is 11.8 Å². The number of ether oxygens (including phenoxy) is 1. The average Bonchev–Trinajstić information content (AvgIpc) is 2.58. The van der Waals surface area contributed by atoms with E-state index in [1.807, 2.05) is 30.3 Å². The third-order valence-electron chi connectivity index (χ3n) is 3.25. The highest BCUT2D eigenvalue weighted by Gasteiger charge is 2.13. The number of nitrogens with two attached hydrogens (primary N) is 1. The summed E-state index contributed by atoms with van der Waals surface area (Å²) in [7, 11) is 0. The van der Waals surface area contributed by atoms with Crippen LogP contribution in [0.25, 0.3) is 0 Å². The summed E-state index contributed by atoms with van der Waals surface area (Å²) in [6.45, 7) is 2.28. The molecule has 0 saturated carbocycles. The van der Waals surface area contributed by atoms with Crippen LogP contribution < -0.4 is 21.1 Å². The molecule has 0 bridgehead atoms. The van der Waals surface area contributed by atoms with Gasteiger partial charge in [-0.1, -0.05) is 30.3 Å². The van der Waals surface area contributed by atoms with Crippen molar-refractivity contribution in [2.24, 2.45) is 5.73 Å². The van der Waals surface area contributed by atoms with Gasteiger partial charge in [0, 0.05) is 18.8 Å². The molecule has 2 aromatic rings. The third-order valence-corrected chi connectivity index (χ3v) is 3.25. The van der Waals surface area contributed by atoms with E-state index in [-0.39, 0.29) is 5.91 Å². The zero-order chi connectivity index (χ0) is 17.4. The minimum Gasteiger partial charge on any atom is -0.473 e. The van der Waals surface area contributed by atoms with Crippen molar-refractivity contribution in [2.45, 2.75) is 26.1 Å². The molecular weight excluding hydrogens is 308 g/mol. The smallest absolute Gasteiger partial charge is 0.312 e. The highest BCUT2D eigenvalue weighted by atomic mass is 16.5. The van der Waals surface area contributed by atoms with Crippen molar-refractivity contribution in [3.63, 3.8) is 0 Å². The van der Waals surface area contributed by atoms with Gasteiger partial charge in [-0.2, -0.15) is 0 Å². The lowest BCUT2D eigenvalue weighted by Crippen LogP contribution is -2.46. The predicted octanol–water partition coefficient (Wildman–Crippen LogP) is 1.33. The minimum absolute atomic E-state index is 0.299. The minimum atomic E-state index is -0.738. The van der Waals surface area contributed by atoms with Gasteiger partial charge in [-0.05, 0) is 24.1 Å². The lowest BCUT2D eigenvalue weighted by atomic mass is 10.2. The molecule has 0 aliphatic carbocycles. The summed E-state index contributed by atoms with van der Waals surface area (Å²) in [5.74, 6) is 0.159. The molecule has 126 valence electrons. The van der Waals surface area contributed by atoms with Crippen molar-refractivity contribution in [2.75, 3.05) is 0 Å². The van der Waals surface area contributed by atoms with Crippen LogP contribution in [0.4, 0.5) is 4.79 Å². The molecule has 1 atom stereocenters. The van der Waals surface area contributed by atoms with Crippen molar-refractivity contribution in [3.8, 4) is 5.88 Å². The molecule has 1 heterocycles. The van der Waals surface area contributed by atoms with Crippen molar-refractivity contribution < 1.29 is 14.3 Å². The first-order chi connectivity index (χ1) is 11.5. The predicted molar refractivity (Wildman–Crippen MR) is 89.0 cm³/mol. The molecule has 0 aliphatic heterocycles. The topological polar surface area (TPSA) is 106 Å². The summed E-state index contributed by atoms with van der Waals surface area (Å²) < 4.78 is 5.64. The van der Waals surface area contributed by atoms with Crippen molar-refractivity contribution in [3.05, 3.63) is 59.8 Å². The normalized spacial score (nSPS) is 11.4. The van der Waals surface area contributed by atoms with E-state index in [2.05, 4.69) is 15.6 Å². The Hall–Kier alpha value is -3.09. The van der Waals surface area contributed by atoms with Crippen molar-refractivity contribution in [1.29, 1.82) is 0 Å². The third kappa shape index (κ3) is 5.60. The highest BCUT2D eigenvalue weighted by Crippen LogP contribution is 2.11. The summed E-state index contributed by atoms with van der Waals surface area (Å²) in [6, 6.07) is 11.9. The van der Waals surface area contributed by atoms with Gasteiger partial charge in [-0.15, -0.1) is 0 Å². The van der Waals surface area contributed by atoms with E-state index in [0.29, 0.717) is 19.0 Å². The molecule has 0 unspecified atom stereocenters. The number of amides is 3. The van der Waals surface area contributed by atoms with E-state index in [9.17, 15) is 9.59 Å². The molecule has 3 amide bonds. The van der Waals surface area contributed by atoms with Gasteiger partial charge in [0.1, 0.15) is 12.6 Å². The number of urea groups is 1. The molecule has 0 spiro atoms. The van der Waals surface area contributed by atoms with Gasteiger partial charge in [-0.3, -0.25) is 4.79 Å². The number of nitrogens with zero attached hydrogens (tertiary/aromatic N) is 1. The first kappa shape index (κ1) is 17.3. The monoisotopic (exact) mass is 328 g/mol. The van der Waals surface area contributed by atoms with Crippen LogP contribution in [0.2, 0.25) is 0 Å². The first-order valence-electron chi connectivity index (χ1n) is 7.50. The number of hydrogen-bond donors (Lipinski definition) is 3. The zero-order valence-electron chi connectivity index (χ0n) is 13.4. The van der Waals surface area contributed by atoms with E-state index in [1.165, 1.54) is 0 Å². The quantitative estimate of drug-likeness (QED) is 0.713.